The zero-order valence-electron chi connectivity index (χ0n) is 12.7. The highest BCUT2D eigenvalue weighted by Gasteiger charge is 2.30. The molecule has 1 aliphatic rings. The van der Waals surface area contributed by atoms with E-state index in [2.05, 4.69) is 55.0 Å². The molecule has 106 valence electrons. The SMILES string of the molecule is CC(c1ccccn1)N1CCCNC(C(C)(C)C)C1. The lowest BCUT2D eigenvalue weighted by Gasteiger charge is -2.36. The Hall–Kier alpha value is -0.930. The molecule has 1 N–H and O–H groups in total. The van der Waals surface area contributed by atoms with E-state index in [4.69, 9.17) is 0 Å². The Morgan fingerprint density at radius 3 is 2.79 bits per heavy atom. The van der Waals surface area contributed by atoms with E-state index in [1.54, 1.807) is 0 Å². The average molecular weight is 261 g/mol. The van der Waals surface area contributed by atoms with Gasteiger partial charge in [0.25, 0.3) is 0 Å². The zero-order valence-corrected chi connectivity index (χ0v) is 12.7. The van der Waals surface area contributed by atoms with Gasteiger partial charge in [-0.25, -0.2) is 0 Å². The minimum atomic E-state index is 0.298. The van der Waals surface area contributed by atoms with Gasteiger partial charge in [0.1, 0.15) is 0 Å². The molecule has 1 saturated heterocycles. The quantitative estimate of drug-likeness (QED) is 0.887. The summed E-state index contributed by atoms with van der Waals surface area (Å²) in [6.07, 6.45) is 3.10. The summed E-state index contributed by atoms with van der Waals surface area (Å²) in [6, 6.07) is 7.13. The van der Waals surface area contributed by atoms with Gasteiger partial charge in [0.2, 0.25) is 0 Å². The van der Waals surface area contributed by atoms with Gasteiger partial charge in [-0.2, -0.15) is 0 Å². The number of nitrogens with zero attached hydrogens (tertiary/aromatic N) is 2. The molecule has 2 heterocycles. The lowest BCUT2D eigenvalue weighted by atomic mass is 9.86. The second-order valence-electron chi connectivity index (χ2n) is 6.65. The first-order valence-electron chi connectivity index (χ1n) is 7.37. The largest absolute Gasteiger partial charge is 0.312 e. The highest BCUT2D eigenvalue weighted by molar-refractivity contribution is 5.08. The van der Waals surface area contributed by atoms with E-state index in [9.17, 15) is 0 Å². The summed E-state index contributed by atoms with van der Waals surface area (Å²) in [5.74, 6) is 0. The molecule has 2 atom stereocenters. The minimum absolute atomic E-state index is 0.298. The molecule has 2 rings (SSSR count). The molecule has 0 spiro atoms. The van der Waals surface area contributed by atoms with Gasteiger partial charge in [0.05, 0.1) is 5.69 Å². The minimum Gasteiger partial charge on any atom is -0.312 e. The van der Waals surface area contributed by atoms with Crippen LogP contribution in [0, 0.1) is 5.41 Å². The molecular weight excluding hydrogens is 234 g/mol. The Labute approximate surface area is 117 Å². The van der Waals surface area contributed by atoms with Crippen LogP contribution in [-0.4, -0.2) is 35.6 Å². The molecule has 3 nitrogen and oxygen atoms in total. The fourth-order valence-electron chi connectivity index (χ4n) is 2.69. The number of hydrogen-bond acceptors (Lipinski definition) is 3. The maximum absolute atomic E-state index is 4.51. The molecule has 2 unspecified atom stereocenters. The monoisotopic (exact) mass is 261 g/mol. The normalized spacial score (nSPS) is 23.9. The van der Waals surface area contributed by atoms with E-state index in [-0.39, 0.29) is 0 Å². The van der Waals surface area contributed by atoms with Gasteiger partial charge < -0.3 is 5.32 Å². The molecule has 0 bridgehead atoms. The van der Waals surface area contributed by atoms with Crippen molar-refractivity contribution in [2.45, 2.75) is 46.2 Å². The van der Waals surface area contributed by atoms with Crippen molar-refractivity contribution in [3.05, 3.63) is 30.1 Å². The number of nitrogens with one attached hydrogen (secondary N) is 1. The molecule has 0 radical (unpaired) electrons. The van der Waals surface area contributed by atoms with Crippen molar-refractivity contribution < 1.29 is 0 Å². The van der Waals surface area contributed by atoms with Crippen LogP contribution in [0.3, 0.4) is 0 Å². The van der Waals surface area contributed by atoms with Crippen LogP contribution < -0.4 is 5.32 Å². The number of pyridine rings is 1. The average Bonchev–Trinajstić information content (AvgIpc) is 2.64. The Morgan fingerprint density at radius 2 is 2.16 bits per heavy atom. The molecule has 1 aromatic rings. The summed E-state index contributed by atoms with van der Waals surface area (Å²) in [5.41, 5.74) is 1.48. The van der Waals surface area contributed by atoms with Crippen LogP contribution in [0.5, 0.6) is 0 Å². The summed E-state index contributed by atoms with van der Waals surface area (Å²) in [4.78, 5) is 7.08. The van der Waals surface area contributed by atoms with Crippen molar-refractivity contribution in [2.75, 3.05) is 19.6 Å². The van der Waals surface area contributed by atoms with Crippen LogP contribution in [0.15, 0.2) is 24.4 Å². The summed E-state index contributed by atoms with van der Waals surface area (Å²) in [6.45, 7) is 12.6. The van der Waals surface area contributed by atoms with Gasteiger partial charge in [-0.3, -0.25) is 9.88 Å². The molecule has 1 aromatic heterocycles. The van der Waals surface area contributed by atoms with Crippen LogP contribution in [0.4, 0.5) is 0 Å². The first-order chi connectivity index (χ1) is 8.98. The lowest BCUT2D eigenvalue weighted by molar-refractivity contribution is 0.160. The number of hydrogen-bond donors (Lipinski definition) is 1. The first kappa shape index (κ1) is 14.5. The molecule has 0 saturated carbocycles. The highest BCUT2D eigenvalue weighted by atomic mass is 15.2. The second kappa shape index (κ2) is 6.02. The zero-order chi connectivity index (χ0) is 13.9. The first-order valence-corrected chi connectivity index (χ1v) is 7.37. The molecule has 1 aliphatic heterocycles. The second-order valence-corrected chi connectivity index (χ2v) is 6.65. The fourth-order valence-corrected chi connectivity index (χ4v) is 2.69. The van der Waals surface area contributed by atoms with Crippen molar-refractivity contribution in [3.63, 3.8) is 0 Å². The van der Waals surface area contributed by atoms with Crippen molar-refractivity contribution in [1.82, 2.24) is 15.2 Å². The standard InChI is InChI=1S/C16H27N3/c1-13(14-8-5-6-9-17-14)19-11-7-10-18-15(12-19)16(2,3)4/h5-6,8-9,13,15,18H,7,10-12H2,1-4H3. The van der Waals surface area contributed by atoms with E-state index < -0.39 is 0 Å². The smallest absolute Gasteiger partial charge is 0.0572 e. The summed E-state index contributed by atoms with van der Waals surface area (Å²) in [5, 5.41) is 3.70. The van der Waals surface area contributed by atoms with E-state index >= 15 is 0 Å². The highest BCUT2D eigenvalue weighted by Crippen LogP contribution is 2.26. The van der Waals surface area contributed by atoms with Gasteiger partial charge >= 0.3 is 0 Å². The van der Waals surface area contributed by atoms with Gasteiger partial charge in [0.15, 0.2) is 0 Å². The summed E-state index contributed by atoms with van der Waals surface area (Å²) >= 11 is 0. The maximum atomic E-state index is 4.51. The van der Waals surface area contributed by atoms with Crippen LogP contribution in [0.1, 0.15) is 45.9 Å². The molecule has 0 aliphatic carbocycles. The Morgan fingerprint density at radius 1 is 1.37 bits per heavy atom. The number of rotatable bonds is 2. The fraction of sp³-hybridized carbons (Fsp3) is 0.688. The number of aromatic nitrogens is 1. The predicted octanol–water partition coefficient (Wildman–Crippen LogP) is 2.85. The van der Waals surface area contributed by atoms with Gasteiger partial charge in [-0.05, 0) is 37.4 Å². The molecule has 0 amide bonds. The third kappa shape index (κ3) is 3.77. The van der Waals surface area contributed by atoms with E-state index in [1.165, 1.54) is 12.1 Å². The summed E-state index contributed by atoms with van der Waals surface area (Å²) in [7, 11) is 0. The van der Waals surface area contributed by atoms with Crippen molar-refractivity contribution >= 4 is 0 Å². The van der Waals surface area contributed by atoms with Gasteiger partial charge in [-0.1, -0.05) is 26.8 Å². The van der Waals surface area contributed by atoms with Crippen molar-refractivity contribution in [3.8, 4) is 0 Å². The third-order valence-corrected chi connectivity index (χ3v) is 4.14. The predicted molar refractivity (Wildman–Crippen MR) is 80.1 cm³/mol. The molecular formula is C16H27N3. The van der Waals surface area contributed by atoms with E-state index in [0.717, 1.165) is 19.6 Å². The molecule has 0 aromatic carbocycles. The lowest BCUT2D eigenvalue weighted by Crippen LogP contribution is -2.46. The Balaban J connectivity index is 2.10. The van der Waals surface area contributed by atoms with E-state index in [1.807, 2.05) is 12.3 Å². The van der Waals surface area contributed by atoms with Crippen molar-refractivity contribution in [1.29, 1.82) is 0 Å². The Bertz CT molecular complexity index is 383. The van der Waals surface area contributed by atoms with E-state index in [0.29, 0.717) is 17.5 Å². The van der Waals surface area contributed by atoms with Crippen LogP contribution in [0.2, 0.25) is 0 Å². The van der Waals surface area contributed by atoms with Crippen LogP contribution in [-0.2, 0) is 0 Å². The Kier molecular flexibility index (Phi) is 4.58. The van der Waals surface area contributed by atoms with Crippen LogP contribution in [0.25, 0.3) is 0 Å². The summed E-state index contributed by atoms with van der Waals surface area (Å²) < 4.78 is 0. The molecule has 1 fully saturated rings. The molecule has 19 heavy (non-hydrogen) atoms. The van der Waals surface area contributed by atoms with Crippen molar-refractivity contribution in [2.24, 2.45) is 5.41 Å². The molecule has 3 heteroatoms. The third-order valence-electron chi connectivity index (χ3n) is 4.14. The maximum Gasteiger partial charge on any atom is 0.0572 e. The topological polar surface area (TPSA) is 28.2 Å². The van der Waals surface area contributed by atoms with Gasteiger partial charge in [-0.15, -0.1) is 0 Å². The van der Waals surface area contributed by atoms with Gasteiger partial charge in [0, 0.05) is 31.4 Å². The van der Waals surface area contributed by atoms with Crippen LogP contribution >= 0.6 is 0 Å².